The van der Waals surface area contributed by atoms with E-state index in [-0.39, 0.29) is 5.91 Å². The van der Waals surface area contributed by atoms with Gasteiger partial charge in [0.2, 0.25) is 5.91 Å². The van der Waals surface area contributed by atoms with Gasteiger partial charge >= 0.3 is 0 Å². The van der Waals surface area contributed by atoms with E-state index in [2.05, 4.69) is 51.4 Å². The highest BCUT2D eigenvalue weighted by Gasteiger charge is 2.29. The van der Waals surface area contributed by atoms with E-state index >= 15 is 0 Å². The summed E-state index contributed by atoms with van der Waals surface area (Å²) < 4.78 is 0. The van der Waals surface area contributed by atoms with Crippen molar-refractivity contribution in [2.45, 2.75) is 32.2 Å². The minimum Gasteiger partial charge on any atom is -0.341 e. The molecule has 6 nitrogen and oxygen atoms in total. The smallest absolute Gasteiger partial charge is 0.223 e. The molecule has 144 valence electrons. The molecule has 2 saturated heterocycles. The first-order valence-corrected chi connectivity index (χ1v) is 10.1. The SMILES string of the molecule is Cc1cccc(-c2cnc(C3CCCN3CCC(=O)N3CCNCC3)[nH]2)c1. The average molecular weight is 367 g/mol. The van der Waals surface area contributed by atoms with Crippen molar-refractivity contribution < 1.29 is 4.79 Å². The predicted molar refractivity (Wildman–Crippen MR) is 106 cm³/mol. The van der Waals surface area contributed by atoms with Crippen LogP contribution >= 0.6 is 0 Å². The van der Waals surface area contributed by atoms with E-state index in [1.165, 1.54) is 11.1 Å². The number of hydrogen-bond donors (Lipinski definition) is 2. The molecule has 1 aromatic heterocycles. The van der Waals surface area contributed by atoms with Gasteiger partial charge in [-0.3, -0.25) is 9.69 Å². The number of aryl methyl sites for hydroxylation is 1. The molecule has 0 spiro atoms. The van der Waals surface area contributed by atoms with Crippen LogP contribution in [0.25, 0.3) is 11.3 Å². The fourth-order valence-electron chi connectivity index (χ4n) is 4.18. The summed E-state index contributed by atoms with van der Waals surface area (Å²) in [5, 5.41) is 3.30. The number of likely N-dealkylation sites (tertiary alicyclic amines) is 1. The Bertz CT molecular complexity index is 780. The van der Waals surface area contributed by atoms with Crippen LogP contribution in [0.15, 0.2) is 30.5 Å². The first kappa shape index (κ1) is 18.2. The number of piperazine rings is 1. The zero-order chi connectivity index (χ0) is 18.6. The second-order valence-electron chi connectivity index (χ2n) is 7.63. The molecule has 1 atom stereocenters. The molecule has 27 heavy (non-hydrogen) atoms. The quantitative estimate of drug-likeness (QED) is 0.851. The minimum absolute atomic E-state index is 0.280. The maximum atomic E-state index is 12.5. The van der Waals surface area contributed by atoms with Gasteiger partial charge in [0.15, 0.2) is 0 Å². The Morgan fingerprint density at radius 2 is 2.11 bits per heavy atom. The Balaban J connectivity index is 1.39. The van der Waals surface area contributed by atoms with Crippen LogP contribution in [0.1, 0.15) is 36.7 Å². The topological polar surface area (TPSA) is 64.3 Å². The molecule has 1 amide bonds. The molecule has 3 heterocycles. The number of H-pyrrole nitrogens is 1. The Morgan fingerprint density at radius 3 is 2.93 bits per heavy atom. The number of benzene rings is 1. The molecular weight excluding hydrogens is 338 g/mol. The summed E-state index contributed by atoms with van der Waals surface area (Å²) in [5.74, 6) is 1.31. The highest BCUT2D eigenvalue weighted by atomic mass is 16.2. The molecular formula is C21H29N5O. The van der Waals surface area contributed by atoms with Crippen LogP contribution in [0, 0.1) is 6.92 Å². The average Bonchev–Trinajstić information content (AvgIpc) is 3.36. The second-order valence-corrected chi connectivity index (χ2v) is 7.63. The molecule has 2 aliphatic heterocycles. The molecule has 1 aromatic carbocycles. The lowest BCUT2D eigenvalue weighted by atomic mass is 10.1. The van der Waals surface area contributed by atoms with Crippen molar-refractivity contribution in [3.63, 3.8) is 0 Å². The standard InChI is InChI=1S/C21H29N5O/c1-16-4-2-5-17(14-16)18-15-23-21(24-18)19-6-3-10-25(19)11-7-20(27)26-12-8-22-9-13-26/h2,4-5,14-15,19,22H,3,6-13H2,1H3,(H,23,24). The molecule has 0 aliphatic carbocycles. The van der Waals surface area contributed by atoms with Crippen LogP contribution in [0.3, 0.4) is 0 Å². The van der Waals surface area contributed by atoms with E-state index in [0.29, 0.717) is 12.5 Å². The molecule has 0 radical (unpaired) electrons. The molecule has 2 aromatic rings. The van der Waals surface area contributed by atoms with Gasteiger partial charge in [0, 0.05) is 39.1 Å². The van der Waals surface area contributed by atoms with Crippen molar-refractivity contribution in [1.29, 1.82) is 0 Å². The summed E-state index contributed by atoms with van der Waals surface area (Å²) in [6.07, 6.45) is 4.80. The fraction of sp³-hybridized carbons (Fsp3) is 0.524. The summed E-state index contributed by atoms with van der Waals surface area (Å²) in [5.41, 5.74) is 3.49. The number of aromatic nitrogens is 2. The number of aromatic amines is 1. The monoisotopic (exact) mass is 367 g/mol. The van der Waals surface area contributed by atoms with Crippen molar-refractivity contribution >= 4 is 5.91 Å². The fourth-order valence-corrected chi connectivity index (χ4v) is 4.18. The van der Waals surface area contributed by atoms with Gasteiger partial charge in [-0.25, -0.2) is 4.98 Å². The normalized spacial score (nSPS) is 20.9. The van der Waals surface area contributed by atoms with Crippen LogP contribution in [-0.4, -0.2) is 64.9 Å². The lowest BCUT2D eigenvalue weighted by molar-refractivity contribution is -0.132. The number of hydrogen-bond acceptors (Lipinski definition) is 4. The molecule has 6 heteroatoms. The Morgan fingerprint density at radius 1 is 1.26 bits per heavy atom. The summed E-state index contributed by atoms with van der Waals surface area (Å²) in [6.45, 7) is 7.45. The van der Waals surface area contributed by atoms with E-state index in [9.17, 15) is 4.79 Å². The molecule has 0 bridgehead atoms. The molecule has 4 rings (SSSR count). The van der Waals surface area contributed by atoms with E-state index in [1.807, 2.05) is 11.1 Å². The van der Waals surface area contributed by atoms with Crippen LogP contribution in [0.4, 0.5) is 0 Å². The summed E-state index contributed by atoms with van der Waals surface area (Å²) in [4.78, 5) is 25.1. The Labute approximate surface area is 161 Å². The van der Waals surface area contributed by atoms with Crippen LogP contribution in [0.5, 0.6) is 0 Å². The van der Waals surface area contributed by atoms with Crippen molar-refractivity contribution in [2.75, 3.05) is 39.3 Å². The van der Waals surface area contributed by atoms with Crippen molar-refractivity contribution in [2.24, 2.45) is 0 Å². The largest absolute Gasteiger partial charge is 0.341 e. The minimum atomic E-state index is 0.280. The molecule has 1 unspecified atom stereocenters. The van der Waals surface area contributed by atoms with E-state index in [1.54, 1.807) is 0 Å². The summed E-state index contributed by atoms with van der Waals surface area (Å²) in [6, 6.07) is 8.77. The van der Waals surface area contributed by atoms with Gasteiger partial charge in [-0.2, -0.15) is 0 Å². The van der Waals surface area contributed by atoms with Gasteiger partial charge in [-0.1, -0.05) is 23.8 Å². The van der Waals surface area contributed by atoms with E-state index < -0.39 is 0 Å². The number of carbonyl (C=O) groups excluding carboxylic acids is 1. The summed E-state index contributed by atoms with van der Waals surface area (Å²) >= 11 is 0. The lowest BCUT2D eigenvalue weighted by Gasteiger charge is -2.29. The summed E-state index contributed by atoms with van der Waals surface area (Å²) in [7, 11) is 0. The molecule has 2 N–H and O–H groups in total. The molecule has 2 fully saturated rings. The molecule has 2 aliphatic rings. The number of imidazole rings is 1. The van der Waals surface area contributed by atoms with Gasteiger partial charge in [0.05, 0.1) is 17.9 Å². The Kier molecular flexibility index (Phi) is 5.55. The second kappa shape index (κ2) is 8.23. The van der Waals surface area contributed by atoms with E-state index in [4.69, 9.17) is 0 Å². The predicted octanol–water partition coefficient (Wildman–Crippen LogP) is 2.34. The van der Waals surface area contributed by atoms with Crippen LogP contribution < -0.4 is 5.32 Å². The van der Waals surface area contributed by atoms with Gasteiger partial charge in [0.1, 0.15) is 5.82 Å². The number of nitrogens with zero attached hydrogens (tertiary/aromatic N) is 3. The molecule has 0 saturated carbocycles. The van der Waals surface area contributed by atoms with Gasteiger partial charge in [-0.05, 0) is 37.9 Å². The number of rotatable bonds is 5. The third-order valence-electron chi connectivity index (χ3n) is 5.69. The van der Waals surface area contributed by atoms with Crippen molar-refractivity contribution in [3.8, 4) is 11.3 Å². The highest BCUT2D eigenvalue weighted by Crippen LogP contribution is 2.31. The number of carbonyl (C=O) groups is 1. The van der Waals surface area contributed by atoms with Crippen LogP contribution in [0.2, 0.25) is 0 Å². The Hall–Kier alpha value is -2.18. The van der Waals surface area contributed by atoms with Gasteiger partial charge in [-0.15, -0.1) is 0 Å². The highest BCUT2D eigenvalue weighted by molar-refractivity contribution is 5.76. The third kappa shape index (κ3) is 4.22. The van der Waals surface area contributed by atoms with Crippen LogP contribution in [-0.2, 0) is 4.79 Å². The maximum Gasteiger partial charge on any atom is 0.223 e. The van der Waals surface area contributed by atoms with Crippen molar-refractivity contribution in [3.05, 3.63) is 41.9 Å². The number of nitrogens with one attached hydrogen (secondary N) is 2. The third-order valence-corrected chi connectivity index (χ3v) is 5.69. The first-order chi connectivity index (χ1) is 13.2. The first-order valence-electron chi connectivity index (χ1n) is 10.1. The zero-order valence-electron chi connectivity index (χ0n) is 16.1. The number of amides is 1. The zero-order valence-corrected chi connectivity index (χ0v) is 16.1. The van der Waals surface area contributed by atoms with Gasteiger partial charge < -0.3 is 15.2 Å². The maximum absolute atomic E-state index is 12.5. The van der Waals surface area contributed by atoms with Gasteiger partial charge in [0.25, 0.3) is 0 Å². The van der Waals surface area contributed by atoms with E-state index in [0.717, 1.165) is 63.6 Å². The lowest BCUT2D eigenvalue weighted by Crippen LogP contribution is -2.47. The van der Waals surface area contributed by atoms with Crippen molar-refractivity contribution in [1.82, 2.24) is 25.1 Å².